The van der Waals surface area contributed by atoms with Crippen molar-refractivity contribution in [1.82, 2.24) is 9.97 Å². The third kappa shape index (κ3) is 5.15. The Morgan fingerprint density at radius 1 is 1.32 bits per heavy atom. The number of hydrogen-bond acceptors (Lipinski definition) is 6. The summed E-state index contributed by atoms with van der Waals surface area (Å²) in [7, 11) is 0. The van der Waals surface area contributed by atoms with Crippen molar-refractivity contribution in [2.45, 2.75) is 33.1 Å². The fourth-order valence-corrected chi connectivity index (χ4v) is 2.29. The number of nitrogens with one attached hydrogen (secondary N) is 2. The minimum atomic E-state index is -0.351. The molecule has 0 saturated heterocycles. The molecule has 0 saturated carbocycles. The molecule has 0 amide bonds. The van der Waals surface area contributed by atoms with Crippen molar-refractivity contribution in [2.75, 3.05) is 18.5 Å². The quantitative estimate of drug-likeness (QED) is 0.501. The van der Waals surface area contributed by atoms with Crippen LogP contribution < -0.4 is 10.9 Å². The molecule has 0 radical (unpaired) electrons. The fraction of sp³-hybridized carbons (Fsp3) is 0.389. The molecule has 25 heavy (non-hydrogen) atoms. The number of benzene rings is 1. The van der Waals surface area contributed by atoms with Crippen LogP contribution in [0.25, 0.3) is 0 Å². The molecule has 0 aliphatic carbocycles. The Balaban J connectivity index is 2.06. The van der Waals surface area contributed by atoms with E-state index >= 15 is 0 Å². The van der Waals surface area contributed by atoms with Gasteiger partial charge in [0.15, 0.2) is 0 Å². The van der Waals surface area contributed by atoms with Gasteiger partial charge in [-0.15, -0.1) is 0 Å². The second-order valence-corrected chi connectivity index (χ2v) is 5.64. The minimum absolute atomic E-state index is 0.103. The molecule has 0 aliphatic rings. The highest BCUT2D eigenvalue weighted by atomic mass is 16.5. The molecule has 2 aromatic rings. The van der Waals surface area contributed by atoms with E-state index in [1.165, 1.54) is 0 Å². The average Bonchev–Trinajstić information content (AvgIpc) is 2.59. The Kier molecular flexibility index (Phi) is 6.71. The molecule has 0 bridgehead atoms. The zero-order valence-electron chi connectivity index (χ0n) is 14.5. The van der Waals surface area contributed by atoms with Gasteiger partial charge in [-0.3, -0.25) is 9.78 Å². The number of hydrogen-bond donors (Lipinski definition) is 3. The number of aromatic nitrogens is 2. The predicted octanol–water partition coefficient (Wildman–Crippen LogP) is 2.31. The van der Waals surface area contributed by atoms with Crippen molar-refractivity contribution in [3.8, 4) is 0 Å². The molecule has 1 aromatic carbocycles. The molecule has 3 N–H and O–H groups in total. The highest BCUT2D eigenvalue weighted by Crippen LogP contribution is 2.15. The van der Waals surface area contributed by atoms with E-state index in [1.807, 2.05) is 6.92 Å². The Morgan fingerprint density at radius 2 is 2.04 bits per heavy atom. The van der Waals surface area contributed by atoms with E-state index in [0.29, 0.717) is 35.1 Å². The first-order chi connectivity index (χ1) is 12.0. The van der Waals surface area contributed by atoms with E-state index in [-0.39, 0.29) is 24.6 Å². The van der Waals surface area contributed by atoms with E-state index in [4.69, 9.17) is 9.84 Å². The molecule has 1 heterocycles. The Morgan fingerprint density at radius 3 is 2.64 bits per heavy atom. The lowest BCUT2D eigenvalue weighted by molar-refractivity contribution is 0.0500. The molecule has 0 unspecified atom stereocenters. The number of aliphatic hydroxyl groups is 1. The maximum atomic E-state index is 12.0. The standard InChI is InChI=1S/C18H23N3O4/c1-3-4-11-25-17(24)13-5-7-14(8-6-13)20-18-19-12(2)15(9-10-22)16(23)21-18/h5-8,22H,3-4,9-11H2,1-2H3,(H2,19,20,21,23). The van der Waals surface area contributed by atoms with E-state index in [9.17, 15) is 9.59 Å². The maximum absolute atomic E-state index is 12.0. The smallest absolute Gasteiger partial charge is 0.338 e. The monoisotopic (exact) mass is 345 g/mol. The second kappa shape index (κ2) is 8.98. The summed E-state index contributed by atoms with van der Waals surface area (Å²) in [6, 6.07) is 6.74. The molecule has 7 nitrogen and oxygen atoms in total. The van der Waals surface area contributed by atoms with Crippen LogP contribution in [0.5, 0.6) is 0 Å². The molecule has 1 aromatic heterocycles. The lowest BCUT2D eigenvalue weighted by Crippen LogP contribution is -2.19. The number of esters is 1. The van der Waals surface area contributed by atoms with Crippen LogP contribution in [-0.4, -0.2) is 34.3 Å². The molecule has 0 spiro atoms. The normalized spacial score (nSPS) is 10.5. The van der Waals surface area contributed by atoms with Gasteiger partial charge < -0.3 is 15.2 Å². The van der Waals surface area contributed by atoms with Crippen LogP contribution in [0.4, 0.5) is 11.6 Å². The summed E-state index contributed by atoms with van der Waals surface area (Å²) in [6.07, 6.45) is 2.08. The lowest BCUT2D eigenvalue weighted by Gasteiger charge is -2.09. The molecule has 0 aliphatic heterocycles. The number of unbranched alkanes of at least 4 members (excludes halogenated alkanes) is 1. The van der Waals surface area contributed by atoms with Crippen LogP contribution >= 0.6 is 0 Å². The first kappa shape index (κ1) is 18.7. The molecular formula is C18H23N3O4. The highest BCUT2D eigenvalue weighted by molar-refractivity contribution is 5.89. The van der Waals surface area contributed by atoms with Gasteiger partial charge >= 0.3 is 5.97 Å². The number of nitrogens with zero attached hydrogens (tertiary/aromatic N) is 1. The number of aromatic amines is 1. The average molecular weight is 345 g/mol. The number of ether oxygens (including phenoxy) is 1. The fourth-order valence-electron chi connectivity index (χ4n) is 2.29. The molecule has 7 heteroatoms. The molecular weight excluding hydrogens is 322 g/mol. The van der Waals surface area contributed by atoms with Crippen molar-refractivity contribution in [3.63, 3.8) is 0 Å². The summed E-state index contributed by atoms with van der Waals surface area (Å²) in [5.41, 5.74) is 1.91. The van der Waals surface area contributed by atoms with E-state index in [2.05, 4.69) is 15.3 Å². The molecule has 0 fully saturated rings. The Hall–Kier alpha value is -2.67. The van der Waals surface area contributed by atoms with Crippen LogP contribution in [0.15, 0.2) is 29.1 Å². The van der Waals surface area contributed by atoms with Crippen LogP contribution in [0.1, 0.15) is 41.4 Å². The number of H-pyrrole nitrogens is 1. The summed E-state index contributed by atoms with van der Waals surface area (Å²) in [6.45, 7) is 4.07. The lowest BCUT2D eigenvalue weighted by atomic mass is 10.2. The van der Waals surface area contributed by atoms with Crippen LogP contribution in [-0.2, 0) is 11.2 Å². The van der Waals surface area contributed by atoms with Crippen molar-refractivity contribution in [1.29, 1.82) is 0 Å². The van der Waals surface area contributed by atoms with Crippen LogP contribution in [0.2, 0.25) is 0 Å². The van der Waals surface area contributed by atoms with Crippen LogP contribution in [0, 0.1) is 6.92 Å². The Labute approximate surface area is 146 Å². The summed E-state index contributed by atoms with van der Waals surface area (Å²) in [5.74, 6) is -0.0433. The number of aliphatic hydroxyl groups excluding tert-OH is 1. The SMILES string of the molecule is CCCCOC(=O)c1ccc(Nc2nc(C)c(CCO)c(=O)[nH]2)cc1. The van der Waals surface area contributed by atoms with Gasteiger partial charge in [-0.2, -0.15) is 0 Å². The maximum Gasteiger partial charge on any atom is 0.338 e. The Bertz CT molecular complexity index is 769. The summed E-state index contributed by atoms with van der Waals surface area (Å²) < 4.78 is 5.15. The van der Waals surface area contributed by atoms with E-state index in [1.54, 1.807) is 31.2 Å². The van der Waals surface area contributed by atoms with Crippen molar-refractivity contribution < 1.29 is 14.6 Å². The number of carbonyl (C=O) groups excluding carboxylic acids is 1. The predicted molar refractivity (Wildman–Crippen MR) is 95.3 cm³/mol. The van der Waals surface area contributed by atoms with E-state index < -0.39 is 0 Å². The third-order valence-corrected chi connectivity index (χ3v) is 3.70. The zero-order chi connectivity index (χ0) is 18.2. The molecule has 0 atom stereocenters. The van der Waals surface area contributed by atoms with Gasteiger partial charge in [0.1, 0.15) is 0 Å². The van der Waals surface area contributed by atoms with Crippen molar-refractivity contribution in [2.24, 2.45) is 0 Å². The van der Waals surface area contributed by atoms with E-state index in [0.717, 1.165) is 12.8 Å². The topological polar surface area (TPSA) is 104 Å². The van der Waals surface area contributed by atoms with Crippen molar-refractivity contribution >= 4 is 17.6 Å². The molecule has 134 valence electrons. The van der Waals surface area contributed by atoms with Crippen LogP contribution in [0.3, 0.4) is 0 Å². The zero-order valence-corrected chi connectivity index (χ0v) is 14.5. The minimum Gasteiger partial charge on any atom is -0.462 e. The van der Waals surface area contributed by atoms with Gasteiger partial charge in [0, 0.05) is 24.3 Å². The number of anilines is 2. The third-order valence-electron chi connectivity index (χ3n) is 3.70. The van der Waals surface area contributed by atoms with Gasteiger partial charge in [0.25, 0.3) is 5.56 Å². The van der Waals surface area contributed by atoms with Gasteiger partial charge in [-0.05, 0) is 37.6 Å². The van der Waals surface area contributed by atoms with Gasteiger partial charge in [-0.1, -0.05) is 13.3 Å². The number of rotatable bonds is 8. The first-order valence-corrected chi connectivity index (χ1v) is 8.30. The summed E-state index contributed by atoms with van der Waals surface area (Å²) in [4.78, 5) is 30.8. The summed E-state index contributed by atoms with van der Waals surface area (Å²) in [5, 5.41) is 12.0. The van der Waals surface area contributed by atoms with Gasteiger partial charge in [-0.25, -0.2) is 9.78 Å². The van der Waals surface area contributed by atoms with Crippen molar-refractivity contribution in [3.05, 3.63) is 51.4 Å². The number of aryl methyl sites for hydroxylation is 1. The first-order valence-electron chi connectivity index (χ1n) is 8.30. The molecule has 2 rings (SSSR count). The highest BCUT2D eigenvalue weighted by Gasteiger charge is 2.09. The van der Waals surface area contributed by atoms with Gasteiger partial charge in [0.2, 0.25) is 5.95 Å². The largest absolute Gasteiger partial charge is 0.462 e. The number of carbonyl (C=O) groups is 1. The summed E-state index contributed by atoms with van der Waals surface area (Å²) >= 11 is 0. The van der Waals surface area contributed by atoms with Gasteiger partial charge in [0.05, 0.1) is 17.9 Å². The second-order valence-electron chi connectivity index (χ2n) is 5.64.